The maximum absolute atomic E-state index is 12.9. The molecule has 0 unspecified atom stereocenters. The molecule has 2 saturated heterocycles. The Morgan fingerprint density at radius 1 is 1.17 bits per heavy atom. The SMILES string of the molecule is C=CC(=O)N1CC[C@@H](n2c(=O)ccc3cnc(Nc4ccc(N5CCN(C)CC5)cc4OC)nc32)C1. The van der Waals surface area contributed by atoms with Crippen LogP contribution in [0.1, 0.15) is 12.5 Å². The molecule has 1 aromatic carbocycles. The number of benzene rings is 1. The fourth-order valence-corrected chi connectivity index (χ4v) is 4.90. The second-order valence-electron chi connectivity index (χ2n) is 9.24. The third-order valence-corrected chi connectivity index (χ3v) is 6.98. The molecule has 0 radical (unpaired) electrons. The molecule has 4 heterocycles. The number of carbonyl (C=O) groups excluding carboxylic acids is 1. The highest BCUT2D eigenvalue weighted by atomic mass is 16.5. The number of likely N-dealkylation sites (tertiary alicyclic amines) is 1. The Hall–Kier alpha value is -3.92. The third-order valence-electron chi connectivity index (χ3n) is 6.98. The molecule has 2 aromatic heterocycles. The molecule has 36 heavy (non-hydrogen) atoms. The van der Waals surface area contributed by atoms with Crippen molar-refractivity contribution in [1.29, 1.82) is 0 Å². The van der Waals surface area contributed by atoms with E-state index < -0.39 is 0 Å². The first-order valence-corrected chi connectivity index (χ1v) is 12.1. The highest BCUT2D eigenvalue weighted by Gasteiger charge is 2.28. The lowest BCUT2D eigenvalue weighted by Gasteiger charge is -2.34. The molecule has 10 nitrogen and oxygen atoms in total. The number of hydrogen-bond donors (Lipinski definition) is 1. The monoisotopic (exact) mass is 489 g/mol. The molecule has 1 N–H and O–H groups in total. The number of carbonyl (C=O) groups is 1. The summed E-state index contributed by atoms with van der Waals surface area (Å²) >= 11 is 0. The molecule has 0 aliphatic carbocycles. The van der Waals surface area contributed by atoms with E-state index in [1.165, 1.54) is 12.1 Å². The Morgan fingerprint density at radius 2 is 1.97 bits per heavy atom. The van der Waals surface area contributed by atoms with Crippen molar-refractivity contribution in [1.82, 2.24) is 24.3 Å². The number of fused-ring (bicyclic) bond motifs is 1. The van der Waals surface area contributed by atoms with Gasteiger partial charge in [-0.1, -0.05) is 6.58 Å². The van der Waals surface area contributed by atoms with E-state index in [0.717, 1.165) is 42.9 Å². The minimum absolute atomic E-state index is 0.130. The van der Waals surface area contributed by atoms with Crippen molar-refractivity contribution >= 4 is 34.3 Å². The molecule has 0 bridgehead atoms. The van der Waals surface area contributed by atoms with E-state index in [2.05, 4.69) is 39.8 Å². The summed E-state index contributed by atoms with van der Waals surface area (Å²) in [6.45, 7) is 8.57. The van der Waals surface area contributed by atoms with Crippen molar-refractivity contribution in [3.05, 3.63) is 59.5 Å². The topological polar surface area (TPSA) is 95.8 Å². The van der Waals surface area contributed by atoms with Crippen LogP contribution in [0.15, 0.2) is 54.0 Å². The van der Waals surface area contributed by atoms with E-state index in [0.29, 0.717) is 36.9 Å². The van der Waals surface area contributed by atoms with Crippen molar-refractivity contribution in [2.24, 2.45) is 0 Å². The van der Waals surface area contributed by atoms with Gasteiger partial charge in [-0.15, -0.1) is 0 Å². The summed E-state index contributed by atoms with van der Waals surface area (Å²) < 4.78 is 7.34. The highest BCUT2D eigenvalue weighted by Crippen LogP contribution is 2.32. The van der Waals surface area contributed by atoms with Crippen LogP contribution in [0, 0.1) is 0 Å². The molecule has 0 saturated carbocycles. The van der Waals surface area contributed by atoms with E-state index in [4.69, 9.17) is 9.72 Å². The zero-order valence-corrected chi connectivity index (χ0v) is 20.7. The lowest BCUT2D eigenvalue weighted by molar-refractivity contribution is -0.125. The number of amides is 1. The first kappa shape index (κ1) is 23.8. The predicted octanol–water partition coefficient (Wildman–Crippen LogP) is 2.25. The number of rotatable bonds is 6. The highest BCUT2D eigenvalue weighted by molar-refractivity contribution is 5.87. The fraction of sp³-hybridized carbons (Fsp3) is 0.385. The van der Waals surface area contributed by atoms with Crippen LogP contribution in [0.5, 0.6) is 5.75 Å². The summed E-state index contributed by atoms with van der Waals surface area (Å²) in [7, 11) is 3.78. The van der Waals surface area contributed by atoms with Crippen LogP contribution in [0.2, 0.25) is 0 Å². The molecular weight excluding hydrogens is 458 g/mol. The largest absolute Gasteiger partial charge is 0.494 e. The van der Waals surface area contributed by atoms with Crippen LogP contribution in [-0.4, -0.2) is 83.7 Å². The van der Waals surface area contributed by atoms with Crippen LogP contribution in [0.4, 0.5) is 17.3 Å². The number of nitrogens with one attached hydrogen (secondary N) is 1. The van der Waals surface area contributed by atoms with Gasteiger partial charge >= 0.3 is 0 Å². The van der Waals surface area contributed by atoms with Gasteiger partial charge in [0, 0.05) is 68.7 Å². The smallest absolute Gasteiger partial charge is 0.252 e. The lowest BCUT2D eigenvalue weighted by atomic mass is 10.2. The molecule has 10 heteroatoms. The van der Waals surface area contributed by atoms with E-state index >= 15 is 0 Å². The number of pyridine rings is 1. The second kappa shape index (κ2) is 9.98. The van der Waals surface area contributed by atoms with E-state index in [1.54, 1.807) is 28.8 Å². The average molecular weight is 490 g/mol. The van der Waals surface area contributed by atoms with E-state index in [-0.39, 0.29) is 17.5 Å². The molecule has 1 amide bonds. The Bertz CT molecular complexity index is 1350. The van der Waals surface area contributed by atoms with Gasteiger partial charge in [0.15, 0.2) is 0 Å². The van der Waals surface area contributed by atoms with Crippen LogP contribution in [-0.2, 0) is 4.79 Å². The van der Waals surface area contributed by atoms with Crippen LogP contribution >= 0.6 is 0 Å². The minimum Gasteiger partial charge on any atom is -0.494 e. The summed E-state index contributed by atoms with van der Waals surface area (Å²) in [5, 5.41) is 4.01. The number of nitrogens with zero attached hydrogens (tertiary/aromatic N) is 6. The number of methoxy groups -OCH3 is 1. The van der Waals surface area contributed by atoms with Crippen molar-refractivity contribution in [3.63, 3.8) is 0 Å². The van der Waals surface area contributed by atoms with Crippen molar-refractivity contribution in [3.8, 4) is 5.75 Å². The number of aromatic nitrogens is 3. The first-order valence-electron chi connectivity index (χ1n) is 12.1. The van der Waals surface area contributed by atoms with Crippen molar-refractivity contribution < 1.29 is 9.53 Å². The zero-order chi connectivity index (χ0) is 25.2. The third kappa shape index (κ3) is 4.64. The van der Waals surface area contributed by atoms with Gasteiger partial charge in [-0.25, -0.2) is 4.98 Å². The van der Waals surface area contributed by atoms with Crippen LogP contribution in [0.3, 0.4) is 0 Å². The van der Waals surface area contributed by atoms with Gasteiger partial charge in [0.25, 0.3) is 5.56 Å². The molecule has 5 rings (SSSR count). The molecule has 3 aromatic rings. The Balaban J connectivity index is 1.43. The van der Waals surface area contributed by atoms with E-state index in [1.807, 2.05) is 12.1 Å². The van der Waals surface area contributed by atoms with Crippen molar-refractivity contribution in [2.75, 3.05) is 63.6 Å². The number of anilines is 3. The van der Waals surface area contributed by atoms with Crippen LogP contribution in [0.25, 0.3) is 11.0 Å². The van der Waals surface area contributed by atoms with Gasteiger partial charge in [-0.2, -0.15) is 4.98 Å². The lowest BCUT2D eigenvalue weighted by Crippen LogP contribution is -2.44. The molecule has 188 valence electrons. The average Bonchev–Trinajstić information content (AvgIpc) is 3.38. The maximum Gasteiger partial charge on any atom is 0.252 e. The summed E-state index contributed by atoms with van der Waals surface area (Å²) in [4.78, 5) is 40.5. The number of likely N-dealkylation sites (N-methyl/N-ethyl adjacent to an activating group) is 1. The van der Waals surface area contributed by atoms with Gasteiger partial charge in [0.2, 0.25) is 11.9 Å². The maximum atomic E-state index is 12.9. The second-order valence-corrected chi connectivity index (χ2v) is 9.24. The van der Waals surface area contributed by atoms with Gasteiger partial charge in [-0.3, -0.25) is 14.2 Å². The van der Waals surface area contributed by atoms with Gasteiger partial charge in [-0.05, 0) is 37.7 Å². The first-order chi connectivity index (χ1) is 17.5. The zero-order valence-electron chi connectivity index (χ0n) is 20.7. The Kier molecular flexibility index (Phi) is 6.60. The molecule has 2 aliphatic heterocycles. The Labute approximate surface area is 209 Å². The van der Waals surface area contributed by atoms with Gasteiger partial charge in [0.05, 0.1) is 18.8 Å². The molecule has 2 aliphatic rings. The summed E-state index contributed by atoms with van der Waals surface area (Å²) in [6.07, 6.45) is 3.68. The number of piperazine rings is 1. The van der Waals surface area contributed by atoms with Gasteiger partial charge in [0.1, 0.15) is 11.4 Å². The predicted molar refractivity (Wildman–Crippen MR) is 140 cm³/mol. The minimum atomic E-state index is -0.162. The molecule has 1 atom stereocenters. The molecule has 0 spiro atoms. The molecular formula is C26H31N7O3. The molecule has 2 fully saturated rings. The Morgan fingerprint density at radius 3 is 2.72 bits per heavy atom. The van der Waals surface area contributed by atoms with Crippen LogP contribution < -0.4 is 20.5 Å². The summed E-state index contributed by atoms with van der Waals surface area (Å²) in [5.74, 6) is 0.925. The fourth-order valence-electron chi connectivity index (χ4n) is 4.90. The van der Waals surface area contributed by atoms with Crippen molar-refractivity contribution in [2.45, 2.75) is 12.5 Å². The van der Waals surface area contributed by atoms with E-state index in [9.17, 15) is 9.59 Å². The standard InChI is InChI=1S/C26H31N7O3/c1-4-23(34)32-10-9-20(17-32)33-24(35)8-5-18-16-27-26(29-25(18)33)28-21-7-6-19(15-22(21)36-3)31-13-11-30(2)12-14-31/h4-8,15-16,20H,1,9-14,17H2,2-3H3,(H,27,28,29)/t20-/m1/s1. The number of hydrogen-bond acceptors (Lipinski definition) is 8. The summed E-state index contributed by atoms with van der Waals surface area (Å²) in [5.41, 5.74) is 2.23. The van der Waals surface area contributed by atoms with Gasteiger partial charge < -0.3 is 24.8 Å². The number of ether oxygens (including phenoxy) is 1. The summed E-state index contributed by atoms with van der Waals surface area (Å²) in [6, 6.07) is 9.14. The quantitative estimate of drug-likeness (QED) is 0.527. The normalized spacial score (nSPS) is 18.4.